The molecule has 0 aromatic heterocycles. The largest absolute Gasteiger partial charge is 0.390 e. The van der Waals surface area contributed by atoms with Crippen LogP contribution in [0.3, 0.4) is 0 Å². The van der Waals surface area contributed by atoms with E-state index in [4.69, 9.17) is 4.74 Å². The number of aliphatic hydroxyl groups is 1. The summed E-state index contributed by atoms with van der Waals surface area (Å²) in [6, 6.07) is 0. The molecule has 0 heterocycles. The Morgan fingerprint density at radius 2 is 1.81 bits per heavy atom. The Balaban J connectivity index is 2.29. The molecule has 1 N–H and O–H groups in total. The van der Waals surface area contributed by atoms with Crippen LogP contribution in [0.15, 0.2) is 0 Å². The fourth-order valence-corrected chi connectivity index (χ4v) is 2.13. The van der Waals surface area contributed by atoms with Crippen molar-refractivity contribution in [2.45, 2.75) is 66.1 Å². The Bertz CT molecular complexity index is 207. The Hall–Kier alpha value is -0.0800. The molecule has 4 unspecified atom stereocenters. The molecule has 1 saturated carbocycles. The van der Waals surface area contributed by atoms with Gasteiger partial charge in [0.15, 0.2) is 0 Å². The second-order valence-corrected chi connectivity index (χ2v) is 6.60. The highest BCUT2D eigenvalue weighted by atomic mass is 16.5. The molecule has 1 aliphatic rings. The van der Waals surface area contributed by atoms with Crippen molar-refractivity contribution in [3.63, 3.8) is 0 Å². The minimum absolute atomic E-state index is 0.0758. The maximum Gasteiger partial charge on any atom is 0.0821 e. The molecule has 1 rings (SSSR count). The zero-order valence-electron chi connectivity index (χ0n) is 11.5. The lowest BCUT2D eigenvalue weighted by molar-refractivity contribution is -0.0685. The number of hydrogen-bond donors (Lipinski definition) is 1. The molecule has 0 spiro atoms. The topological polar surface area (TPSA) is 29.5 Å². The Morgan fingerprint density at radius 3 is 2.31 bits per heavy atom. The first-order chi connectivity index (χ1) is 7.30. The van der Waals surface area contributed by atoms with Crippen molar-refractivity contribution in [2.24, 2.45) is 17.3 Å². The van der Waals surface area contributed by atoms with Crippen LogP contribution >= 0.6 is 0 Å². The third-order valence-electron chi connectivity index (χ3n) is 4.04. The monoisotopic (exact) mass is 228 g/mol. The van der Waals surface area contributed by atoms with Crippen molar-refractivity contribution in [1.29, 1.82) is 0 Å². The van der Waals surface area contributed by atoms with Crippen LogP contribution in [0.5, 0.6) is 0 Å². The average molecular weight is 228 g/mol. The van der Waals surface area contributed by atoms with E-state index in [1.807, 2.05) is 20.8 Å². The number of rotatable bonds is 3. The molecule has 0 amide bonds. The second-order valence-electron chi connectivity index (χ2n) is 6.60. The fourth-order valence-electron chi connectivity index (χ4n) is 2.13. The summed E-state index contributed by atoms with van der Waals surface area (Å²) in [7, 11) is 0. The molecule has 2 nitrogen and oxygen atoms in total. The zero-order chi connectivity index (χ0) is 12.3. The van der Waals surface area contributed by atoms with E-state index in [-0.39, 0.29) is 11.5 Å². The molecule has 0 aliphatic heterocycles. The minimum atomic E-state index is -0.359. The molecule has 1 fully saturated rings. The summed E-state index contributed by atoms with van der Waals surface area (Å²) in [5.41, 5.74) is -0.0758. The molecular weight excluding hydrogens is 200 g/mol. The highest BCUT2D eigenvalue weighted by Crippen LogP contribution is 2.31. The van der Waals surface area contributed by atoms with E-state index >= 15 is 0 Å². The lowest BCUT2D eigenvalue weighted by atomic mass is 9.80. The van der Waals surface area contributed by atoms with E-state index in [2.05, 4.69) is 13.8 Å². The van der Waals surface area contributed by atoms with Crippen LogP contribution in [0.4, 0.5) is 0 Å². The van der Waals surface area contributed by atoms with Crippen LogP contribution in [-0.4, -0.2) is 23.9 Å². The SMILES string of the molecule is CC1CCC(OCC(O)C(C)(C)C)CC1C. The summed E-state index contributed by atoms with van der Waals surface area (Å²) >= 11 is 0. The predicted octanol–water partition coefficient (Wildman–Crippen LogP) is 3.23. The van der Waals surface area contributed by atoms with Crippen molar-refractivity contribution >= 4 is 0 Å². The number of ether oxygens (including phenoxy) is 1. The number of hydrogen-bond acceptors (Lipinski definition) is 2. The molecule has 0 aromatic carbocycles. The van der Waals surface area contributed by atoms with Gasteiger partial charge in [-0.3, -0.25) is 0 Å². The average Bonchev–Trinajstić information content (AvgIpc) is 2.18. The first kappa shape index (κ1) is 14.0. The number of aliphatic hydroxyl groups excluding tert-OH is 1. The minimum Gasteiger partial charge on any atom is -0.390 e. The van der Waals surface area contributed by atoms with Gasteiger partial charge in [-0.25, -0.2) is 0 Å². The molecule has 0 aromatic rings. The summed E-state index contributed by atoms with van der Waals surface area (Å²) in [5.74, 6) is 1.58. The van der Waals surface area contributed by atoms with Gasteiger partial charge in [-0.1, -0.05) is 34.6 Å². The maximum absolute atomic E-state index is 9.91. The summed E-state index contributed by atoms with van der Waals surface area (Å²) in [6.45, 7) is 11.3. The van der Waals surface area contributed by atoms with E-state index in [9.17, 15) is 5.11 Å². The van der Waals surface area contributed by atoms with Crippen molar-refractivity contribution in [1.82, 2.24) is 0 Å². The molecule has 0 radical (unpaired) electrons. The summed E-state index contributed by atoms with van der Waals surface area (Å²) in [5, 5.41) is 9.91. The van der Waals surface area contributed by atoms with Gasteiger partial charge < -0.3 is 9.84 Å². The lowest BCUT2D eigenvalue weighted by Crippen LogP contribution is -2.34. The normalized spacial score (nSPS) is 33.8. The summed E-state index contributed by atoms with van der Waals surface area (Å²) in [4.78, 5) is 0. The van der Waals surface area contributed by atoms with Crippen LogP contribution in [0, 0.1) is 17.3 Å². The van der Waals surface area contributed by atoms with Crippen LogP contribution in [0.1, 0.15) is 53.9 Å². The lowest BCUT2D eigenvalue weighted by Gasteiger charge is -2.34. The molecule has 4 atom stereocenters. The highest BCUT2D eigenvalue weighted by Gasteiger charge is 2.27. The molecule has 2 heteroatoms. The molecular formula is C14H28O2. The Morgan fingerprint density at radius 1 is 1.19 bits per heavy atom. The van der Waals surface area contributed by atoms with Crippen molar-refractivity contribution in [2.75, 3.05) is 6.61 Å². The predicted molar refractivity (Wildman–Crippen MR) is 67.4 cm³/mol. The molecule has 16 heavy (non-hydrogen) atoms. The Kier molecular flexibility index (Phi) is 4.81. The molecule has 96 valence electrons. The van der Waals surface area contributed by atoms with Crippen molar-refractivity contribution in [3.05, 3.63) is 0 Å². The van der Waals surface area contributed by atoms with Gasteiger partial charge >= 0.3 is 0 Å². The third kappa shape index (κ3) is 4.06. The fraction of sp³-hybridized carbons (Fsp3) is 1.00. The van der Waals surface area contributed by atoms with E-state index in [0.29, 0.717) is 12.7 Å². The van der Waals surface area contributed by atoms with E-state index < -0.39 is 0 Å². The third-order valence-corrected chi connectivity index (χ3v) is 4.04. The van der Waals surface area contributed by atoms with E-state index in [1.165, 1.54) is 6.42 Å². The second kappa shape index (κ2) is 5.50. The molecule has 0 saturated heterocycles. The van der Waals surface area contributed by atoms with Gasteiger partial charge in [-0.15, -0.1) is 0 Å². The van der Waals surface area contributed by atoms with Crippen LogP contribution in [-0.2, 0) is 4.74 Å². The van der Waals surface area contributed by atoms with E-state index in [1.54, 1.807) is 0 Å². The van der Waals surface area contributed by atoms with Gasteiger partial charge in [0.05, 0.1) is 18.8 Å². The van der Waals surface area contributed by atoms with Crippen molar-refractivity contribution < 1.29 is 9.84 Å². The van der Waals surface area contributed by atoms with Gasteiger partial charge in [-0.2, -0.15) is 0 Å². The highest BCUT2D eigenvalue weighted by molar-refractivity contribution is 4.77. The van der Waals surface area contributed by atoms with Gasteiger partial charge in [0, 0.05) is 0 Å². The molecule has 0 bridgehead atoms. The maximum atomic E-state index is 9.91. The first-order valence-electron chi connectivity index (χ1n) is 6.60. The zero-order valence-corrected chi connectivity index (χ0v) is 11.5. The quantitative estimate of drug-likeness (QED) is 0.803. The van der Waals surface area contributed by atoms with Crippen LogP contribution < -0.4 is 0 Å². The molecule has 1 aliphatic carbocycles. The van der Waals surface area contributed by atoms with Crippen molar-refractivity contribution in [3.8, 4) is 0 Å². The summed E-state index contributed by atoms with van der Waals surface area (Å²) in [6.07, 6.45) is 3.57. The summed E-state index contributed by atoms with van der Waals surface area (Å²) < 4.78 is 5.84. The first-order valence-corrected chi connectivity index (χ1v) is 6.60. The van der Waals surface area contributed by atoms with Crippen LogP contribution in [0.2, 0.25) is 0 Å². The van der Waals surface area contributed by atoms with Gasteiger partial charge in [0.2, 0.25) is 0 Å². The van der Waals surface area contributed by atoms with Crippen LogP contribution in [0.25, 0.3) is 0 Å². The van der Waals surface area contributed by atoms with Gasteiger partial charge in [0.25, 0.3) is 0 Å². The van der Waals surface area contributed by atoms with E-state index in [0.717, 1.165) is 24.7 Å². The smallest absolute Gasteiger partial charge is 0.0821 e. The van der Waals surface area contributed by atoms with Gasteiger partial charge in [0.1, 0.15) is 0 Å². The Labute approximate surface area is 100 Å². The van der Waals surface area contributed by atoms with Gasteiger partial charge in [-0.05, 0) is 36.5 Å². The standard InChI is InChI=1S/C14H28O2/c1-10-6-7-12(8-11(10)2)16-9-13(15)14(3,4)5/h10-13,15H,6-9H2,1-5H3.